The number of rotatable bonds is 1. The molecule has 0 fully saturated rings. The zero-order chi connectivity index (χ0) is 17.7. The third-order valence-electron chi connectivity index (χ3n) is 0.167. The molecule has 130 valence electrons. The minimum Gasteiger partial charge on any atom is -0.852 e. The van der Waals surface area contributed by atoms with Gasteiger partial charge in [-0.25, -0.2) is 0 Å². The molecule has 6 nitrogen and oxygen atoms in total. The van der Waals surface area contributed by atoms with Crippen molar-refractivity contribution >= 4 is 0 Å². The Morgan fingerprint density at radius 2 is 0.571 bits per heavy atom. The second kappa shape index (κ2) is 37.1. The van der Waals surface area contributed by atoms with Gasteiger partial charge in [-0.2, -0.15) is 0 Å². The van der Waals surface area contributed by atoms with Crippen LogP contribution in [-0.2, 0) is 21.7 Å². The van der Waals surface area contributed by atoms with E-state index in [-0.39, 0.29) is 21.7 Å². The predicted octanol–water partition coefficient (Wildman–Crippen LogP) is -2.08. The minimum atomic E-state index is -0.417. The van der Waals surface area contributed by atoms with Gasteiger partial charge < -0.3 is 31.9 Å². The topological polar surface area (TPSA) is 144 Å². The second-order valence-electron chi connectivity index (χ2n) is 4.77. The summed E-state index contributed by atoms with van der Waals surface area (Å²) >= 11 is 0. The Bertz CT molecular complexity index is 90.5. The van der Waals surface area contributed by atoms with Crippen LogP contribution in [-0.4, -0.2) is 37.5 Å². The van der Waals surface area contributed by atoms with Gasteiger partial charge in [-0.3, -0.25) is 0 Å². The number of nitrogens with two attached hydrogens (primary N) is 2. The van der Waals surface area contributed by atoms with Crippen molar-refractivity contribution in [3.05, 3.63) is 0 Å². The number of hydrogen-bond acceptors (Lipinski definition) is 6. The van der Waals surface area contributed by atoms with Crippen LogP contribution >= 0.6 is 0 Å². The maximum atomic E-state index is 9.53. The van der Waals surface area contributed by atoms with Crippen LogP contribution in [0.25, 0.3) is 0 Å². The van der Waals surface area contributed by atoms with Gasteiger partial charge in [0.1, 0.15) is 0 Å². The Balaban J connectivity index is -0.0000000331. The third-order valence-corrected chi connectivity index (χ3v) is 0.167. The van der Waals surface area contributed by atoms with Crippen molar-refractivity contribution in [3.8, 4) is 0 Å². The first kappa shape index (κ1) is 37.6. The summed E-state index contributed by atoms with van der Waals surface area (Å²) < 4.78 is 0. The standard InChI is InChI=1S/4C3H7O.C2H8N2.Ti/c4*1-3(2)4;3-1-2-4;/h4*3H,1-2H3;1-4H2;/q4*-1;;+4. The molecule has 0 saturated carbocycles. The molecule has 0 unspecified atom stereocenters. The molecule has 0 radical (unpaired) electrons. The van der Waals surface area contributed by atoms with E-state index >= 15 is 0 Å². The molecule has 21 heavy (non-hydrogen) atoms. The van der Waals surface area contributed by atoms with Crippen molar-refractivity contribution in [2.45, 2.75) is 79.8 Å². The van der Waals surface area contributed by atoms with Crippen LogP contribution in [0.15, 0.2) is 0 Å². The van der Waals surface area contributed by atoms with Gasteiger partial charge >= 0.3 is 21.7 Å². The van der Waals surface area contributed by atoms with Crippen LogP contribution in [0.3, 0.4) is 0 Å². The zero-order valence-corrected chi connectivity index (χ0v) is 16.6. The minimum absolute atomic E-state index is 0. The van der Waals surface area contributed by atoms with Crippen molar-refractivity contribution in [1.29, 1.82) is 0 Å². The summed E-state index contributed by atoms with van der Waals surface area (Å²) in [5.74, 6) is 0. The van der Waals surface area contributed by atoms with E-state index in [2.05, 4.69) is 0 Å². The molecule has 0 bridgehead atoms. The molecule has 0 aliphatic rings. The van der Waals surface area contributed by atoms with E-state index in [1.165, 1.54) is 0 Å². The van der Waals surface area contributed by atoms with Crippen molar-refractivity contribution < 1.29 is 42.1 Å². The molecule has 0 saturated heterocycles. The first-order valence-corrected chi connectivity index (χ1v) is 6.88. The molecule has 0 spiro atoms. The van der Waals surface area contributed by atoms with Crippen molar-refractivity contribution in [1.82, 2.24) is 0 Å². The van der Waals surface area contributed by atoms with E-state index < -0.39 is 24.4 Å². The van der Waals surface area contributed by atoms with E-state index in [9.17, 15) is 20.4 Å². The molecule has 0 aromatic rings. The average molecular weight is 344 g/mol. The summed E-state index contributed by atoms with van der Waals surface area (Å²) in [6, 6.07) is 0. The first-order chi connectivity index (χ1) is 8.84. The maximum Gasteiger partial charge on any atom is 4.00 e. The van der Waals surface area contributed by atoms with E-state index in [4.69, 9.17) is 11.5 Å². The molecule has 0 heterocycles. The summed E-state index contributed by atoms with van der Waals surface area (Å²) in [5, 5.41) is 38.1. The quantitative estimate of drug-likeness (QED) is 0.522. The monoisotopic (exact) mass is 344 g/mol. The Labute approximate surface area is 146 Å². The van der Waals surface area contributed by atoms with Gasteiger partial charge in [0.2, 0.25) is 0 Å². The summed E-state index contributed by atoms with van der Waals surface area (Å²) in [5.41, 5.74) is 9.81. The second-order valence-corrected chi connectivity index (χ2v) is 4.77. The van der Waals surface area contributed by atoms with Crippen molar-refractivity contribution in [2.75, 3.05) is 13.1 Å². The third kappa shape index (κ3) is 3210. The molecule has 0 aromatic heterocycles. The molecule has 4 N–H and O–H groups in total. The van der Waals surface area contributed by atoms with E-state index in [1.807, 2.05) is 0 Å². The molecule has 0 aliphatic carbocycles. The van der Waals surface area contributed by atoms with Gasteiger partial charge in [0.05, 0.1) is 0 Å². The van der Waals surface area contributed by atoms with Crippen LogP contribution in [0, 0.1) is 0 Å². The largest absolute Gasteiger partial charge is 4.00 e. The zero-order valence-electron chi connectivity index (χ0n) is 15.0. The maximum absolute atomic E-state index is 9.53. The van der Waals surface area contributed by atoms with Crippen LogP contribution in [0.4, 0.5) is 0 Å². The molecule has 0 rings (SSSR count). The molecule has 0 amide bonds. The molecule has 7 heteroatoms. The predicted molar refractivity (Wildman–Crippen MR) is 78.7 cm³/mol. The van der Waals surface area contributed by atoms with E-state index in [0.717, 1.165) is 0 Å². The molecule has 0 aliphatic heterocycles. The Hall–Kier alpha value is 0.474. The van der Waals surface area contributed by atoms with Gasteiger partial charge in [0, 0.05) is 13.1 Å². The van der Waals surface area contributed by atoms with Gasteiger partial charge in [-0.15, -0.1) is 24.4 Å². The molecular weight excluding hydrogens is 308 g/mol. The van der Waals surface area contributed by atoms with Crippen LogP contribution < -0.4 is 31.9 Å². The van der Waals surface area contributed by atoms with E-state index in [0.29, 0.717) is 13.1 Å². The van der Waals surface area contributed by atoms with Gasteiger partial charge in [0.15, 0.2) is 0 Å². The van der Waals surface area contributed by atoms with E-state index in [1.54, 1.807) is 55.4 Å². The van der Waals surface area contributed by atoms with Gasteiger partial charge in [-0.05, 0) is 0 Å². The van der Waals surface area contributed by atoms with Crippen molar-refractivity contribution in [3.63, 3.8) is 0 Å². The van der Waals surface area contributed by atoms with Gasteiger partial charge in [0.25, 0.3) is 0 Å². The Morgan fingerprint density at radius 1 is 0.524 bits per heavy atom. The van der Waals surface area contributed by atoms with Gasteiger partial charge in [-0.1, -0.05) is 55.4 Å². The fraction of sp³-hybridized carbons (Fsp3) is 1.00. The summed E-state index contributed by atoms with van der Waals surface area (Å²) in [4.78, 5) is 0. The Kier molecular flexibility index (Phi) is 66.3. The first-order valence-electron chi connectivity index (χ1n) is 6.88. The van der Waals surface area contributed by atoms with Crippen LogP contribution in [0.5, 0.6) is 0 Å². The summed E-state index contributed by atoms with van der Waals surface area (Å²) in [7, 11) is 0. The summed E-state index contributed by atoms with van der Waals surface area (Å²) in [6.45, 7) is 14.1. The fourth-order valence-corrected chi connectivity index (χ4v) is 0. The SMILES string of the molecule is CC(C)[O-].CC(C)[O-].CC(C)[O-].CC(C)[O-].NCCN.[Ti+4]. The smallest absolute Gasteiger partial charge is 0.852 e. The molecular formula is C14H36N2O4Ti. The van der Waals surface area contributed by atoms with Crippen LogP contribution in [0.2, 0.25) is 0 Å². The van der Waals surface area contributed by atoms with Crippen LogP contribution in [0.1, 0.15) is 55.4 Å². The number of hydrogen-bond donors (Lipinski definition) is 2. The normalized spacial score (nSPS) is 8.29. The Morgan fingerprint density at radius 3 is 0.571 bits per heavy atom. The summed E-state index contributed by atoms with van der Waals surface area (Å²) in [6.07, 6.45) is -1.67. The fourth-order valence-electron chi connectivity index (χ4n) is 0. The molecule has 0 aromatic carbocycles. The van der Waals surface area contributed by atoms with Crippen molar-refractivity contribution in [2.24, 2.45) is 11.5 Å². The average Bonchev–Trinajstić information content (AvgIpc) is 2.13. The molecule has 0 atom stereocenters.